The lowest BCUT2D eigenvalue weighted by Gasteiger charge is -2.40. The Morgan fingerprint density at radius 2 is 1.97 bits per heavy atom. The van der Waals surface area contributed by atoms with Gasteiger partial charge in [-0.1, -0.05) is 13.5 Å². The molecule has 0 unspecified atom stereocenters. The van der Waals surface area contributed by atoms with E-state index in [-0.39, 0.29) is 52.3 Å². The van der Waals surface area contributed by atoms with Crippen molar-refractivity contribution in [3.8, 4) is 6.07 Å². The van der Waals surface area contributed by atoms with Gasteiger partial charge in [0.2, 0.25) is 5.90 Å². The highest BCUT2D eigenvalue weighted by Crippen LogP contribution is 2.32. The summed E-state index contributed by atoms with van der Waals surface area (Å²) in [6.45, 7) is 9.94. The standard InChI is InChI=1S/C28H31F3N4O3S/c1-7-17(2)33-26(38-11-10-36)22-13-21(14-24(29)18(22)3)35(28(4,5)16-37)27(39)34(6)20-9-8-19(15-32)23(12-20)25(30)31/h8-9,12-14,16,25,36H,2,7,10-11H2,1,3-6H3. The number of thiocarbonyl (C=S) groups is 1. The van der Waals surface area contributed by atoms with Gasteiger partial charge in [-0.2, -0.15) is 5.26 Å². The van der Waals surface area contributed by atoms with Crippen molar-refractivity contribution in [3.63, 3.8) is 0 Å². The summed E-state index contributed by atoms with van der Waals surface area (Å²) in [7, 11) is 1.51. The molecular weight excluding hydrogens is 529 g/mol. The fraction of sp³-hybridized carbons (Fsp3) is 0.357. The third kappa shape index (κ3) is 7.22. The number of rotatable bonds is 10. The van der Waals surface area contributed by atoms with Crippen LogP contribution in [0.15, 0.2) is 47.6 Å². The molecule has 0 fully saturated rings. The van der Waals surface area contributed by atoms with Crippen LogP contribution >= 0.6 is 12.2 Å². The molecule has 0 radical (unpaired) electrons. The monoisotopic (exact) mass is 560 g/mol. The van der Waals surface area contributed by atoms with Crippen LogP contribution in [0.4, 0.5) is 24.5 Å². The van der Waals surface area contributed by atoms with E-state index in [4.69, 9.17) is 17.0 Å². The number of aliphatic hydroxyl groups excluding tert-OH is 1. The summed E-state index contributed by atoms with van der Waals surface area (Å²) in [6.07, 6.45) is -1.77. The smallest absolute Gasteiger partial charge is 0.265 e. The lowest BCUT2D eigenvalue weighted by molar-refractivity contribution is -0.111. The molecule has 0 saturated carbocycles. The zero-order valence-corrected chi connectivity index (χ0v) is 23.3. The molecule has 0 aliphatic rings. The van der Waals surface area contributed by atoms with Crippen molar-refractivity contribution >= 4 is 40.9 Å². The van der Waals surface area contributed by atoms with Crippen LogP contribution in [-0.2, 0) is 9.53 Å². The van der Waals surface area contributed by atoms with E-state index in [1.807, 2.05) is 6.92 Å². The molecule has 1 N–H and O–H groups in total. The Kier molecular flexibility index (Phi) is 10.8. The number of aliphatic hydroxyl groups is 1. The molecule has 0 saturated heterocycles. The van der Waals surface area contributed by atoms with Gasteiger partial charge in [0.1, 0.15) is 18.7 Å². The third-order valence-corrected chi connectivity index (χ3v) is 6.39. The molecule has 0 atom stereocenters. The molecule has 11 heteroatoms. The van der Waals surface area contributed by atoms with Crippen LogP contribution in [-0.4, -0.2) is 48.2 Å². The van der Waals surface area contributed by atoms with Gasteiger partial charge in [0.25, 0.3) is 6.43 Å². The first kappa shape index (κ1) is 31.5. The number of allylic oxidation sites excluding steroid dienone is 1. The highest BCUT2D eigenvalue weighted by atomic mass is 32.1. The predicted octanol–water partition coefficient (Wildman–Crippen LogP) is 5.83. The van der Waals surface area contributed by atoms with Crippen molar-refractivity contribution in [2.75, 3.05) is 30.1 Å². The highest BCUT2D eigenvalue weighted by Gasteiger charge is 2.33. The topological polar surface area (TPSA) is 89.2 Å². The number of anilines is 2. The second-order valence-corrected chi connectivity index (χ2v) is 9.51. The number of hydrogen-bond donors (Lipinski definition) is 1. The van der Waals surface area contributed by atoms with Crippen molar-refractivity contribution in [2.45, 2.75) is 46.1 Å². The maximum Gasteiger partial charge on any atom is 0.265 e. The normalized spacial score (nSPS) is 11.7. The fourth-order valence-electron chi connectivity index (χ4n) is 3.59. The van der Waals surface area contributed by atoms with Crippen molar-refractivity contribution in [1.82, 2.24) is 0 Å². The van der Waals surface area contributed by atoms with Gasteiger partial charge in [-0.05, 0) is 75.3 Å². The molecule has 39 heavy (non-hydrogen) atoms. The van der Waals surface area contributed by atoms with Gasteiger partial charge in [0, 0.05) is 35.2 Å². The van der Waals surface area contributed by atoms with Gasteiger partial charge in [0.05, 0.1) is 23.8 Å². The van der Waals surface area contributed by atoms with Crippen LogP contribution < -0.4 is 9.80 Å². The van der Waals surface area contributed by atoms with Crippen LogP contribution in [0.25, 0.3) is 0 Å². The number of aldehydes is 1. The Labute approximate surface area is 231 Å². The molecule has 7 nitrogen and oxygen atoms in total. The van der Waals surface area contributed by atoms with Crippen molar-refractivity contribution in [2.24, 2.45) is 4.99 Å². The molecule has 0 amide bonds. The molecule has 2 aromatic carbocycles. The molecule has 0 bridgehead atoms. The minimum atomic E-state index is -2.90. The Morgan fingerprint density at radius 3 is 2.51 bits per heavy atom. The summed E-state index contributed by atoms with van der Waals surface area (Å²) in [5.41, 5.74) is -0.615. The number of aliphatic imine (C=N–C) groups is 1. The molecule has 2 rings (SSSR count). The van der Waals surface area contributed by atoms with Crippen molar-refractivity contribution in [1.29, 1.82) is 5.26 Å². The summed E-state index contributed by atoms with van der Waals surface area (Å²) in [4.78, 5) is 19.3. The first-order chi connectivity index (χ1) is 18.3. The number of ether oxygens (including phenoxy) is 1. The fourth-order valence-corrected chi connectivity index (χ4v) is 4.04. The average Bonchev–Trinajstić information content (AvgIpc) is 2.91. The van der Waals surface area contributed by atoms with E-state index in [2.05, 4.69) is 11.6 Å². The first-order valence-electron chi connectivity index (χ1n) is 12.0. The van der Waals surface area contributed by atoms with Crippen LogP contribution in [0.1, 0.15) is 55.9 Å². The second kappa shape index (κ2) is 13.4. The number of halogens is 3. The van der Waals surface area contributed by atoms with Crippen LogP contribution in [0.2, 0.25) is 0 Å². The van der Waals surface area contributed by atoms with Crippen molar-refractivity contribution < 1.29 is 27.8 Å². The zero-order valence-electron chi connectivity index (χ0n) is 22.5. The van der Waals surface area contributed by atoms with Crippen LogP contribution in [0.3, 0.4) is 0 Å². The number of nitrogens with zero attached hydrogens (tertiary/aromatic N) is 4. The molecule has 0 heterocycles. The van der Waals surface area contributed by atoms with Gasteiger partial charge in [-0.15, -0.1) is 0 Å². The van der Waals surface area contributed by atoms with Crippen molar-refractivity contribution in [3.05, 3.63) is 70.7 Å². The van der Waals surface area contributed by atoms with E-state index in [0.717, 1.165) is 6.07 Å². The Morgan fingerprint density at radius 1 is 1.31 bits per heavy atom. The minimum absolute atomic E-state index is 0.000963. The lowest BCUT2D eigenvalue weighted by Crippen LogP contribution is -2.54. The quantitative estimate of drug-likeness (QED) is 0.169. The van der Waals surface area contributed by atoms with Crippen LogP contribution in [0, 0.1) is 24.1 Å². The first-order valence-corrected chi connectivity index (χ1v) is 12.4. The van der Waals surface area contributed by atoms with E-state index < -0.39 is 23.3 Å². The van der Waals surface area contributed by atoms with E-state index in [1.165, 1.54) is 42.0 Å². The number of benzene rings is 2. The molecule has 0 aliphatic heterocycles. The van der Waals surface area contributed by atoms with E-state index in [1.54, 1.807) is 26.0 Å². The predicted molar refractivity (Wildman–Crippen MR) is 150 cm³/mol. The highest BCUT2D eigenvalue weighted by molar-refractivity contribution is 7.80. The maximum absolute atomic E-state index is 15.3. The van der Waals surface area contributed by atoms with Gasteiger partial charge in [0.15, 0.2) is 5.11 Å². The Bertz CT molecular complexity index is 1320. The number of carbonyl (C=O) groups is 1. The molecule has 0 spiro atoms. The summed E-state index contributed by atoms with van der Waals surface area (Å²) in [6, 6.07) is 8.35. The molecule has 2 aromatic rings. The number of alkyl halides is 2. The molecule has 0 aromatic heterocycles. The molecule has 208 valence electrons. The van der Waals surface area contributed by atoms with Gasteiger partial charge in [-0.25, -0.2) is 18.2 Å². The average molecular weight is 561 g/mol. The zero-order chi connectivity index (χ0) is 29.5. The molecular formula is C28H31F3N4O3S. The van der Waals surface area contributed by atoms with Gasteiger partial charge in [-0.3, -0.25) is 0 Å². The SMILES string of the molecule is C=C(CC)N=C(OCCO)c1cc(N(C(=S)N(C)c2ccc(C#N)c(C(F)F)c2)C(C)(C)C=O)cc(F)c1C. The number of nitriles is 1. The van der Waals surface area contributed by atoms with E-state index in [9.17, 15) is 23.9 Å². The van der Waals surface area contributed by atoms with E-state index >= 15 is 4.39 Å². The maximum atomic E-state index is 15.3. The summed E-state index contributed by atoms with van der Waals surface area (Å²) in [5, 5.41) is 18.5. The lowest BCUT2D eigenvalue weighted by atomic mass is 10.0. The Hall–Kier alpha value is -3.75. The van der Waals surface area contributed by atoms with Gasteiger partial charge >= 0.3 is 0 Å². The van der Waals surface area contributed by atoms with Gasteiger partial charge < -0.3 is 24.4 Å². The van der Waals surface area contributed by atoms with Crippen LogP contribution in [0.5, 0.6) is 0 Å². The Balaban J connectivity index is 2.73. The third-order valence-electron chi connectivity index (χ3n) is 5.94. The number of hydrogen-bond acceptors (Lipinski definition) is 6. The second-order valence-electron chi connectivity index (χ2n) is 9.14. The summed E-state index contributed by atoms with van der Waals surface area (Å²) >= 11 is 5.70. The minimum Gasteiger partial charge on any atom is -0.475 e. The number of carbonyl (C=O) groups excluding carboxylic acids is 1. The summed E-state index contributed by atoms with van der Waals surface area (Å²) < 4.78 is 48.1. The largest absolute Gasteiger partial charge is 0.475 e. The molecule has 0 aliphatic carbocycles. The van der Waals surface area contributed by atoms with E-state index in [0.29, 0.717) is 18.4 Å². The summed E-state index contributed by atoms with van der Waals surface area (Å²) in [5.74, 6) is -0.605.